The van der Waals surface area contributed by atoms with Gasteiger partial charge in [0.1, 0.15) is 6.61 Å². The van der Waals surface area contributed by atoms with E-state index in [0.717, 1.165) is 12.8 Å². The Morgan fingerprint density at radius 3 is 2.95 bits per heavy atom. The normalized spacial score (nSPS) is 21.6. The molecular formula is C16H26O5. The summed E-state index contributed by atoms with van der Waals surface area (Å²) in [4.78, 5) is 11.9. The van der Waals surface area contributed by atoms with E-state index in [-0.39, 0.29) is 24.9 Å². The van der Waals surface area contributed by atoms with Crippen molar-refractivity contribution >= 4 is 5.97 Å². The largest absolute Gasteiger partial charge is 0.458 e. The van der Waals surface area contributed by atoms with Crippen molar-refractivity contribution in [1.29, 1.82) is 0 Å². The van der Waals surface area contributed by atoms with E-state index in [4.69, 9.17) is 19.3 Å². The van der Waals surface area contributed by atoms with Crippen molar-refractivity contribution in [3.63, 3.8) is 0 Å². The van der Waals surface area contributed by atoms with Gasteiger partial charge in [0.25, 0.3) is 0 Å². The van der Waals surface area contributed by atoms with Crippen LogP contribution in [0.4, 0.5) is 0 Å². The summed E-state index contributed by atoms with van der Waals surface area (Å²) >= 11 is 0. The summed E-state index contributed by atoms with van der Waals surface area (Å²) in [7, 11) is 0. The zero-order valence-corrected chi connectivity index (χ0v) is 12.9. The molecule has 0 aromatic heterocycles. The van der Waals surface area contributed by atoms with Crippen molar-refractivity contribution in [2.45, 2.75) is 39.4 Å². The maximum atomic E-state index is 11.9. The number of carbonyl (C=O) groups excluding carboxylic acids is 1. The van der Waals surface area contributed by atoms with Gasteiger partial charge in [-0.1, -0.05) is 26.5 Å². The molecule has 0 radical (unpaired) electrons. The molecule has 2 atom stereocenters. The third kappa shape index (κ3) is 6.31. The van der Waals surface area contributed by atoms with Crippen LogP contribution in [0.15, 0.2) is 24.5 Å². The molecule has 0 aromatic carbocycles. The van der Waals surface area contributed by atoms with Crippen molar-refractivity contribution in [2.24, 2.45) is 11.8 Å². The second-order valence-electron chi connectivity index (χ2n) is 5.41. The van der Waals surface area contributed by atoms with Crippen molar-refractivity contribution in [3.05, 3.63) is 24.5 Å². The molecule has 1 rings (SSSR count). The molecular weight excluding hydrogens is 272 g/mol. The average Bonchev–Trinajstić information content (AvgIpc) is 2.48. The van der Waals surface area contributed by atoms with Crippen LogP contribution < -0.4 is 0 Å². The third-order valence-electron chi connectivity index (χ3n) is 3.33. The van der Waals surface area contributed by atoms with Gasteiger partial charge in [-0.25, -0.2) is 4.79 Å². The second-order valence-corrected chi connectivity index (χ2v) is 5.41. The number of hydrogen-bond acceptors (Lipinski definition) is 5. The molecule has 5 heteroatoms. The van der Waals surface area contributed by atoms with Crippen LogP contribution in [0.2, 0.25) is 0 Å². The first-order valence-electron chi connectivity index (χ1n) is 7.47. The zero-order valence-electron chi connectivity index (χ0n) is 12.9. The number of rotatable bonds is 9. The van der Waals surface area contributed by atoms with Crippen molar-refractivity contribution in [3.8, 4) is 0 Å². The number of esters is 1. The minimum absolute atomic E-state index is 0.155. The van der Waals surface area contributed by atoms with Gasteiger partial charge in [0.05, 0.1) is 6.61 Å². The number of carbonyl (C=O) groups is 1. The Morgan fingerprint density at radius 2 is 2.33 bits per heavy atom. The maximum absolute atomic E-state index is 11.9. The summed E-state index contributed by atoms with van der Waals surface area (Å²) in [6.45, 7) is 8.53. The van der Waals surface area contributed by atoms with Crippen molar-refractivity contribution in [2.75, 3.05) is 19.8 Å². The molecule has 5 nitrogen and oxygen atoms in total. The lowest BCUT2D eigenvalue weighted by Gasteiger charge is -2.30. The molecule has 0 aliphatic carbocycles. The lowest BCUT2D eigenvalue weighted by atomic mass is 9.90. The Balaban J connectivity index is 2.59. The van der Waals surface area contributed by atoms with Crippen LogP contribution in [0.5, 0.6) is 0 Å². The summed E-state index contributed by atoms with van der Waals surface area (Å²) in [6.07, 6.45) is 5.09. The van der Waals surface area contributed by atoms with Gasteiger partial charge < -0.3 is 19.3 Å². The Kier molecular flexibility index (Phi) is 8.08. The number of aliphatic hydroxyl groups is 1. The summed E-state index contributed by atoms with van der Waals surface area (Å²) in [6, 6.07) is 0. The van der Waals surface area contributed by atoms with Crippen LogP contribution >= 0.6 is 0 Å². The molecule has 1 heterocycles. The molecule has 120 valence electrons. The van der Waals surface area contributed by atoms with Crippen molar-refractivity contribution in [1.82, 2.24) is 0 Å². The van der Waals surface area contributed by atoms with E-state index >= 15 is 0 Å². The topological polar surface area (TPSA) is 65.0 Å². The molecule has 0 spiro atoms. The monoisotopic (exact) mass is 298 g/mol. The Labute approximate surface area is 126 Å². The van der Waals surface area contributed by atoms with Crippen LogP contribution in [-0.4, -0.2) is 37.2 Å². The highest BCUT2D eigenvalue weighted by Crippen LogP contribution is 2.29. The lowest BCUT2D eigenvalue weighted by Crippen LogP contribution is -2.30. The van der Waals surface area contributed by atoms with Gasteiger partial charge in [0.2, 0.25) is 12.0 Å². The van der Waals surface area contributed by atoms with E-state index in [9.17, 15) is 4.79 Å². The van der Waals surface area contributed by atoms with Crippen LogP contribution in [0.25, 0.3) is 0 Å². The molecule has 0 saturated carbocycles. The van der Waals surface area contributed by atoms with E-state index < -0.39 is 12.3 Å². The van der Waals surface area contributed by atoms with Gasteiger partial charge in [0, 0.05) is 13.0 Å². The molecule has 1 aliphatic heterocycles. The fraction of sp³-hybridized carbons (Fsp3) is 0.688. The molecule has 0 unspecified atom stereocenters. The fourth-order valence-electron chi connectivity index (χ4n) is 2.03. The molecule has 0 fully saturated rings. The maximum Gasteiger partial charge on any atom is 0.373 e. The number of hydrogen-bond donors (Lipinski definition) is 1. The SMILES string of the molecule is C=CCOC(=O)C1=C[C@@H](C(C)C)C[C@@H](OCCCCO)O1. The van der Waals surface area contributed by atoms with E-state index in [2.05, 4.69) is 20.4 Å². The molecule has 21 heavy (non-hydrogen) atoms. The first kappa shape index (κ1) is 17.7. The summed E-state index contributed by atoms with van der Waals surface area (Å²) in [5.41, 5.74) is 0. The van der Waals surface area contributed by atoms with Gasteiger partial charge in [-0.3, -0.25) is 0 Å². The summed E-state index contributed by atoms with van der Waals surface area (Å²) < 4.78 is 16.2. The smallest absolute Gasteiger partial charge is 0.373 e. The Morgan fingerprint density at radius 1 is 1.57 bits per heavy atom. The quantitative estimate of drug-likeness (QED) is 0.402. The van der Waals surface area contributed by atoms with E-state index in [1.54, 1.807) is 0 Å². The number of unbranched alkanes of at least 4 members (excludes halogenated alkanes) is 1. The van der Waals surface area contributed by atoms with Gasteiger partial charge >= 0.3 is 5.97 Å². The van der Waals surface area contributed by atoms with Crippen molar-refractivity contribution < 1.29 is 24.1 Å². The van der Waals surface area contributed by atoms with Crippen LogP contribution in [0.1, 0.15) is 33.1 Å². The minimum atomic E-state index is -0.482. The highest BCUT2D eigenvalue weighted by molar-refractivity contribution is 5.86. The average molecular weight is 298 g/mol. The standard InChI is InChI=1S/C16H26O5/c1-4-8-20-16(18)14-10-13(12(2)3)11-15(21-14)19-9-6-5-7-17/h4,10,12-13,15,17H,1,5-9,11H2,2-3H3/t13-,15+/m1/s1. The number of allylic oxidation sites excluding steroid dienone is 1. The second kappa shape index (κ2) is 9.58. The molecule has 1 aliphatic rings. The number of ether oxygens (including phenoxy) is 3. The molecule has 1 N–H and O–H groups in total. The zero-order chi connectivity index (χ0) is 15.7. The first-order chi connectivity index (χ1) is 10.1. The van der Waals surface area contributed by atoms with Gasteiger partial charge in [-0.2, -0.15) is 0 Å². The molecule has 0 aromatic rings. The molecule has 0 saturated heterocycles. The van der Waals surface area contributed by atoms with Gasteiger partial charge in [-0.15, -0.1) is 0 Å². The highest BCUT2D eigenvalue weighted by atomic mass is 16.7. The Hall–Kier alpha value is -1.33. The van der Waals surface area contributed by atoms with Crippen LogP contribution in [-0.2, 0) is 19.0 Å². The lowest BCUT2D eigenvalue weighted by molar-refractivity contribution is -0.163. The van der Waals surface area contributed by atoms with Crippen LogP contribution in [0.3, 0.4) is 0 Å². The number of aliphatic hydroxyl groups excluding tert-OH is 1. The molecule has 0 amide bonds. The Bertz CT molecular complexity index is 362. The summed E-state index contributed by atoms with van der Waals surface area (Å²) in [5, 5.41) is 8.75. The third-order valence-corrected chi connectivity index (χ3v) is 3.33. The highest BCUT2D eigenvalue weighted by Gasteiger charge is 2.29. The van der Waals surface area contributed by atoms with Crippen LogP contribution in [0, 0.1) is 11.8 Å². The van der Waals surface area contributed by atoms with E-state index in [1.165, 1.54) is 6.08 Å². The first-order valence-corrected chi connectivity index (χ1v) is 7.47. The minimum Gasteiger partial charge on any atom is -0.458 e. The summed E-state index contributed by atoms with van der Waals surface area (Å²) in [5.74, 6) is 0.339. The fourth-order valence-corrected chi connectivity index (χ4v) is 2.03. The predicted molar refractivity (Wildman–Crippen MR) is 79.3 cm³/mol. The molecule has 0 bridgehead atoms. The van der Waals surface area contributed by atoms with Gasteiger partial charge in [0.15, 0.2) is 0 Å². The van der Waals surface area contributed by atoms with Gasteiger partial charge in [-0.05, 0) is 30.8 Å². The predicted octanol–water partition coefficient (Wildman–Crippen LogP) is 2.41. The van der Waals surface area contributed by atoms with E-state index in [0.29, 0.717) is 18.9 Å². The van der Waals surface area contributed by atoms with E-state index in [1.807, 2.05) is 6.08 Å².